The number of aromatic nitrogens is 6. The van der Waals surface area contributed by atoms with Gasteiger partial charge in [-0.15, -0.1) is 0 Å². The molecule has 0 aliphatic heterocycles. The van der Waals surface area contributed by atoms with Crippen LogP contribution in [0.2, 0.25) is 10.0 Å². The van der Waals surface area contributed by atoms with Crippen molar-refractivity contribution in [1.29, 1.82) is 0 Å². The number of anilines is 1. The van der Waals surface area contributed by atoms with Crippen LogP contribution >= 0.6 is 23.2 Å². The molecule has 3 aromatic heterocycles. The van der Waals surface area contributed by atoms with Crippen molar-refractivity contribution >= 4 is 29.0 Å². The number of halogens is 2. The van der Waals surface area contributed by atoms with Crippen molar-refractivity contribution in [3.8, 4) is 39.8 Å². The molecule has 188 valence electrons. The predicted octanol–water partition coefficient (Wildman–Crippen LogP) is 3.19. The highest BCUT2D eigenvalue weighted by Crippen LogP contribution is 2.42. The third-order valence-corrected chi connectivity index (χ3v) is 6.22. The van der Waals surface area contributed by atoms with E-state index < -0.39 is 11.1 Å². The van der Waals surface area contributed by atoms with E-state index in [0.29, 0.717) is 11.3 Å². The summed E-state index contributed by atoms with van der Waals surface area (Å²) in [6.07, 6.45) is 4.86. The Balaban J connectivity index is 1.86. The third-order valence-electron chi connectivity index (χ3n) is 5.49. The number of aliphatic hydroxyl groups excluding tert-OH is 1. The molecular weight excluding hydrogens is 509 g/mol. The highest BCUT2D eigenvalue weighted by Gasteiger charge is 2.23. The number of hydrogen-bond donors (Lipinski definition) is 2. The van der Waals surface area contributed by atoms with E-state index in [9.17, 15) is 9.90 Å². The zero-order chi connectivity index (χ0) is 26.2. The summed E-state index contributed by atoms with van der Waals surface area (Å²) in [5, 5.41) is 18.5. The number of nitrogen functional groups attached to an aromatic ring is 1. The molecule has 36 heavy (non-hydrogen) atoms. The first kappa shape index (κ1) is 25.4. The number of benzene rings is 1. The van der Waals surface area contributed by atoms with E-state index in [-0.39, 0.29) is 51.0 Å². The Labute approximate surface area is 216 Å². The van der Waals surface area contributed by atoms with Crippen LogP contribution in [-0.4, -0.2) is 55.5 Å². The van der Waals surface area contributed by atoms with Crippen LogP contribution < -0.4 is 20.8 Å². The van der Waals surface area contributed by atoms with Gasteiger partial charge in [0.25, 0.3) is 5.56 Å². The van der Waals surface area contributed by atoms with Crippen LogP contribution in [0.3, 0.4) is 0 Å². The summed E-state index contributed by atoms with van der Waals surface area (Å²) in [5.74, 6) is 0.590. The van der Waals surface area contributed by atoms with E-state index >= 15 is 0 Å². The highest BCUT2D eigenvalue weighted by atomic mass is 35.5. The standard InChI is InChI=1S/C23H23Cl2N7O4/c1-23(2,11-33)31-10-12(8-28-31)14-9-27-22(26)20(29-14)13-5-6-17(34)32(30-13)21-18(24)15(35-3)7-16(36-4)19(21)25/h5-10,33H,11H2,1-4H3,(H2,26,27). The fourth-order valence-electron chi connectivity index (χ4n) is 3.34. The lowest BCUT2D eigenvalue weighted by molar-refractivity contribution is 0.152. The molecule has 0 spiro atoms. The van der Waals surface area contributed by atoms with Gasteiger partial charge >= 0.3 is 0 Å². The Kier molecular flexibility index (Phi) is 6.90. The average Bonchev–Trinajstić information content (AvgIpc) is 3.37. The molecule has 0 fully saturated rings. The fourth-order valence-corrected chi connectivity index (χ4v) is 4.00. The van der Waals surface area contributed by atoms with Crippen molar-refractivity contribution in [2.75, 3.05) is 26.6 Å². The van der Waals surface area contributed by atoms with Crippen molar-refractivity contribution in [3.63, 3.8) is 0 Å². The monoisotopic (exact) mass is 531 g/mol. The van der Waals surface area contributed by atoms with Gasteiger partial charge in [0.15, 0.2) is 5.82 Å². The lowest BCUT2D eigenvalue weighted by Gasteiger charge is -2.22. The number of rotatable bonds is 7. The van der Waals surface area contributed by atoms with E-state index in [0.717, 1.165) is 4.68 Å². The van der Waals surface area contributed by atoms with E-state index in [2.05, 4.69) is 20.2 Å². The number of nitrogens with zero attached hydrogens (tertiary/aromatic N) is 6. The largest absolute Gasteiger partial charge is 0.495 e. The van der Waals surface area contributed by atoms with Crippen LogP contribution in [0.15, 0.2) is 41.6 Å². The Hall–Kier alpha value is -3.67. The van der Waals surface area contributed by atoms with Crippen LogP contribution in [0, 0.1) is 0 Å². The summed E-state index contributed by atoms with van der Waals surface area (Å²) in [6.45, 7) is 3.60. The van der Waals surface area contributed by atoms with E-state index in [1.54, 1.807) is 17.1 Å². The number of methoxy groups -OCH3 is 2. The Morgan fingerprint density at radius 3 is 2.36 bits per heavy atom. The first-order chi connectivity index (χ1) is 17.1. The quantitative estimate of drug-likeness (QED) is 0.367. The van der Waals surface area contributed by atoms with Crippen LogP contribution in [0.5, 0.6) is 11.5 Å². The van der Waals surface area contributed by atoms with Crippen molar-refractivity contribution in [3.05, 3.63) is 57.2 Å². The topological polar surface area (TPSA) is 143 Å². The minimum atomic E-state index is -0.601. The SMILES string of the molecule is COc1cc(OC)c(Cl)c(-n2nc(-c3nc(-c4cnn(C(C)(C)CO)c4)cnc3N)ccc2=O)c1Cl. The molecule has 0 unspecified atom stereocenters. The molecule has 3 N–H and O–H groups in total. The molecule has 0 saturated carbocycles. The summed E-state index contributed by atoms with van der Waals surface area (Å²) in [5.41, 5.74) is 6.71. The second-order valence-corrected chi connectivity index (χ2v) is 9.12. The molecule has 4 aromatic rings. The minimum Gasteiger partial charge on any atom is -0.495 e. The molecule has 3 heterocycles. The molecule has 0 radical (unpaired) electrons. The van der Waals surface area contributed by atoms with Gasteiger partial charge in [0.2, 0.25) is 0 Å². The van der Waals surface area contributed by atoms with Gasteiger partial charge in [-0.2, -0.15) is 14.9 Å². The second-order valence-electron chi connectivity index (χ2n) is 8.36. The van der Waals surface area contributed by atoms with Crippen LogP contribution in [0.25, 0.3) is 28.3 Å². The highest BCUT2D eigenvalue weighted by molar-refractivity contribution is 6.39. The number of ether oxygens (including phenoxy) is 2. The van der Waals surface area contributed by atoms with Crippen molar-refractivity contribution in [2.45, 2.75) is 19.4 Å². The lowest BCUT2D eigenvalue weighted by atomic mass is 10.1. The molecule has 1 aromatic carbocycles. The summed E-state index contributed by atoms with van der Waals surface area (Å²) in [6, 6.07) is 4.27. The molecule has 13 heteroatoms. The first-order valence-electron chi connectivity index (χ1n) is 10.6. The van der Waals surface area contributed by atoms with Gasteiger partial charge < -0.3 is 20.3 Å². The summed E-state index contributed by atoms with van der Waals surface area (Å²) < 4.78 is 13.3. The van der Waals surface area contributed by atoms with Crippen LogP contribution in [0.1, 0.15) is 13.8 Å². The van der Waals surface area contributed by atoms with E-state index in [1.807, 2.05) is 13.8 Å². The number of hydrogen-bond acceptors (Lipinski definition) is 9. The van der Waals surface area contributed by atoms with Crippen molar-refractivity contribution in [2.24, 2.45) is 0 Å². The molecule has 0 aliphatic rings. The van der Waals surface area contributed by atoms with Crippen molar-refractivity contribution < 1.29 is 14.6 Å². The molecule has 0 aliphatic carbocycles. The third kappa shape index (κ3) is 4.48. The Bertz CT molecular complexity index is 1470. The minimum absolute atomic E-state index is 0.0711. The molecule has 0 bridgehead atoms. The average molecular weight is 532 g/mol. The summed E-state index contributed by atoms with van der Waals surface area (Å²) >= 11 is 13.0. The first-order valence-corrected chi connectivity index (χ1v) is 11.4. The maximum Gasteiger partial charge on any atom is 0.271 e. The fraction of sp³-hybridized carbons (Fsp3) is 0.261. The van der Waals surface area contributed by atoms with Gasteiger partial charge in [-0.05, 0) is 19.9 Å². The molecular formula is C23H23Cl2N7O4. The zero-order valence-electron chi connectivity index (χ0n) is 19.9. The van der Waals surface area contributed by atoms with Crippen LogP contribution in [0.4, 0.5) is 5.82 Å². The lowest BCUT2D eigenvalue weighted by Crippen LogP contribution is -2.30. The second kappa shape index (κ2) is 9.76. The van der Waals surface area contributed by atoms with Gasteiger partial charge in [0.1, 0.15) is 38.6 Å². The maximum absolute atomic E-state index is 12.8. The molecule has 0 amide bonds. The van der Waals surface area contributed by atoms with Gasteiger partial charge in [0, 0.05) is 23.9 Å². The van der Waals surface area contributed by atoms with E-state index in [1.165, 1.54) is 38.6 Å². The van der Waals surface area contributed by atoms with Gasteiger partial charge in [-0.25, -0.2) is 9.97 Å². The van der Waals surface area contributed by atoms with Gasteiger partial charge in [-0.1, -0.05) is 23.2 Å². The number of nitrogens with two attached hydrogens (primary N) is 1. The Morgan fingerprint density at radius 1 is 1.08 bits per heavy atom. The normalized spacial score (nSPS) is 11.5. The molecule has 0 saturated heterocycles. The zero-order valence-corrected chi connectivity index (χ0v) is 21.4. The smallest absolute Gasteiger partial charge is 0.271 e. The maximum atomic E-state index is 12.8. The summed E-state index contributed by atoms with van der Waals surface area (Å²) in [7, 11) is 2.85. The van der Waals surface area contributed by atoms with Crippen LogP contribution in [-0.2, 0) is 5.54 Å². The number of aliphatic hydroxyl groups is 1. The molecule has 0 atom stereocenters. The van der Waals surface area contributed by atoms with Crippen molar-refractivity contribution in [1.82, 2.24) is 29.5 Å². The van der Waals surface area contributed by atoms with Gasteiger partial charge in [-0.3, -0.25) is 9.48 Å². The Morgan fingerprint density at radius 2 is 1.75 bits per heavy atom. The van der Waals surface area contributed by atoms with Gasteiger partial charge in [0.05, 0.1) is 44.5 Å². The molecule has 4 rings (SSSR count). The van der Waals surface area contributed by atoms with E-state index in [4.69, 9.17) is 38.4 Å². The predicted molar refractivity (Wildman–Crippen MR) is 136 cm³/mol. The summed E-state index contributed by atoms with van der Waals surface area (Å²) in [4.78, 5) is 21.7. The molecule has 11 nitrogen and oxygen atoms in total.